The van der Waals surface area contributed by atoms with Gasteiger partial charge in [0.25, 0.3) is 11.8 Å². The average Bonchev–Trinajstić information content (AvgIpc) is 2.82. The van der Waals surface area contributed by atoms with E-state index in [9.17, 15) is 9.59 Å². The number of nitrogens with zero attached hydrogens (tertiary/aromatic N) is 1. The molecule has 34 heavy (non-hydrogen) atoms. The molecule has 3 aromatic carbocycles. The van der Waals surface area contributed by atoms with Crippen LogP contribution in [0.5, 0.6) is 5.75 Å². The number of para-hydroxylation sites is 1. The summed E-state index contributed by atoms with van der Waals surface area (Å²) in [5.41, 5.74) is 4.55. The van der Waals surface area contributed by atoms with Crippen molar-refractivity contribution in [2.24, 2.45) is 11.0 Å². The van der Waals surface area contributed by atoms with Gasteiger partial charge in [0, 0.05) is 21.2 Å². The Kier molecular flexibility index (Phi) is 9.08. The number of halogens is 2. The summed E-state index contributed by atoms with van der Waals surface area (Å²) < 4.78 is 5.90. The van der Waals surface area contributed by atoms with Crippen molar-refractivity contribution in [1.82, 2.24) is 10.7 Å². The van der Waals surface area contributed by atoms with Crippen molar-refractivity contribution < 1.29 is 14.3 Å². The Morgan fingerprint density at radius 2 is 1.71 bits per heavy atom. The van der Waals surface area contributed by atoms with Crippen molar-refractivity contribution in [2.45, 2.75) is 26.5 Å². The maximum absolute atomic E-state index is 12.7. The van der Waals surface area contributed by atoms with Crippen molar-refractivity contribution in [3.63, 3.8) is 0 Å². The molecule has 0 spiro atoms. The molecule has 0 saturated carbocycles. The van der Waals surface area contributed by atoms with E-state index in [1.807, 2.05) is 50.2 Å². The van der Waals surface area contributed by atoms with Crippen LogP contribution in [0.15, 0.2) is 77.9 Å². The summed E-state index contributed by atoms with van der Waals surface area (Å²) in [6.45, 7) is 4.04. The Morgan fingerprint density at radius 1 is 0.971 bits per heavy atom. The molecular weight excluding hydrogens is 473 g/mol. The Bertz CT molecular complexity index is 1160. The number of nitrogens with one attached hydrogen (secondary N) is 2. The number of amides is 2. The van der Waals surface area contributed by atoms with E-state index < -0.39 is 11.9 Å². The second kappa shape index (κ2) is 12.2. The molecule has 1 atom stereocenters. The minimum absolute atomic E-state index is 0.159. The fraction of sp³-hybridized carbons (Fsp3) is 0.192. The normalized spacial score (nSPS) is 11.9. The van der Waals surface area contributed by atoms with Gasteiger partial charge in [-0.05, 0) is 53.9 Å². The zero-order valence-electron chi connectivity index (χ0n) is 18.8. The molecule has 1 unspecified atom stereocenters. The van der Waals surface area contributed by atoms with Gasteiger partial charge in [-0.15, -0.1) is 0 Å². The van der Waals surface area contributed by atoms with Gasteiger partial charge in [-0.2, -0.15) is 5.10 Å². The highest BCUT2D eigenvalue weighted by Crippen LogP contribution is 2.18. The Labute approximate surface area is 208 Å². The largest absolute Gasteiger partial charge is 0.488 e. The summed E-state index contributed by atoms with van der Waals surface area (Å²) >= 11 is 11.9. The summed E-state index contributed by atoms with van der Waals surface area (Å²) in [7, 11) is 0. The molecule has 0 radical (unpaired) electrons. The first kappa shape index (κ1) is 25.3. The van der Waals surface area contributed by atoms with Crippen LogP contribution >= 0.6 is 23.2 Å². The highest BCUT2D eigenvalue weighted by Gasteiger charge is 2.24. The fourth-order valence-corrected chi connectivity index (χ4v) is 3.40. The van der Waals surface area contributed by atoms with Crippen LogP contribution in [-0.4, -0.2) is 24.1 Å². The molecule has 8 heteroatoms. The minimum atomic E-state index is -0.778. The monoisotopic (exact) mass is 497 g/mol. The summed E-state index contributed by atoms with van der Waals surface area (Å²) in [4.78, 5) is 25.3. The van der Waals surface area contributed by atoms with Crippen molar-refractivity contribution in [2.75, 3.05) is 0 Å². The molecule has 0 heterocycles. The SMILES string of the molecule is CC(C)C(NC(=O)c1cccc(Cl)c1)C(=O)NN=Cc1ccccc1OCc1ccc(Cl)cc1. The number of carbonyl (C=O) groups excluding carboxylic acids is 2. The quantitative estimate of drug-likeness (QED) is 0.303. The first-order valence-corrected chi connectivity index (χ1v) is 11.4. The van der Waals surface area contributed by atoms with E-state index in [2.05, 4.69) is 15.8 Å². The number of ether oxygens (including phenoxy) is 1. The lowest BCUT2D eigenvalue weighted by Crippen LogP contribution is -2.48. The van der Waals surface area contributed by atoms with Crippen LogP contribution in [0.2, 0.25) is 10.0 Å². The van der Waals surface area contributed by atoms with Crippen LogP contribution in [0.4, 0.5) is 0 Å². The summed E-state index contributed by atoms with van der Waals surface area (Å²) in [6.07, 6.45) is 1.51. The van der Waals surface area contributed by atoms with Gasteiger partial charge in [-0.1, -0.05) is 67.4 Å². The van der Waals surface area contributed by atoms with E-state index in [0.717, 1.165) is 5.56 Å². The van der Waals surface area contributed by atoms with Gasteiger partial charge in [0.2, 0.25) is 0 Å². The van der Waals surface area contributed by atoms with Gasteiger partial charge in [0.05, 0.1) is 6.21 Å². The van der Waals surface area contributed by atoms with E-state index in [0.29, 0.717) is 33.5 Å². The van der Waals surface area contributed by atoms with Gasteiger partial charge in [-0.25, -0.2) is 5.43 Å². The van der Waals surface area contributed by atoms with E-state index in [-0.39, 0.29) is 11.8 Å². The molecule has 0 bridgehead atoms. The Balaban J connectivity index is 1.62. The first-order valence-electron chi connectivity index (χ1n) is 10.7. The van der Waals surface area contributed by atoms with Crippen molar-refractivity contribution >= 4 is 41.2 Å². The first-order chi connectivity index (χ1) is 16.3. The number of rotatable bonds is 9. The molecule has 0 aliphatic rings. The lowest BCUT2D eigenvalue weighted by molar-refractivity contribution is -0.123. The summed E-state index contributed by atoms with van der Waals surface area (Å²) in [5, 5.41) is 7.92. The van der Waals surface area contributed by atoms with E-state index in [4.69, 9.17) is 27.9 Å². The number of hydrogen-bond donors (Lipinski definition) is 2. The maximum atomic E-state index is 12.7. The van der Waals surface area contributed by atoms with Gasteiger partial charge >= 0.3 is 0 Å². The van der Waals surface area contributed by atoms with Crippen molar-refractivity contribution in [3.05, 3.63) is 99.5 Å². The highest BCUT2D eigenvalue weighted by molar-refractivity contribution is 6.31. The highest BCUT2D eigenvalue weighted by atomic mass is 35.5. The Hall–Kier alpha value is -3.35. The van der Waals surface area contributed by atoms with E-state index in [1.165, 1.54) is 6.21 Å². The van der Waals surface area contributed by atoms with Crippen LogP contribution in [0, 0.1) is 5.92 Å². The number of hydrazone groups is 1. The van der Waals surface area contributed by atoms with Crippen LogP contribution < -0.4 is 15.5 Å². The van der Waals surface area contributed by atoms with Gasteiger partial charge in [0.15, 0.2) is 0 Å². The second-order valence-electron chi connectivity index (χ2n) is 7.89. The standard InChI is InChI=1S/C26H25Cl2N3O3/c1-17(2)24(30-25(32)19-7-5-8-22(28)14-19)26(33)31-29-15-20-6-3-4-9-23(20)34-16-18-10-12-21(27)13-11-18/h3-15,17,24H,16H2,1-2H3,(H,30,32)(H,31,33). The molecule has 0 fully saturated rings. The smallest absolute Gasteiger partial charge is 0.262 e. The molecule has 3 rings (SSSR count). The minimum Gasteiger partial charge on any atom is -0.488 e. The molecule has 2 N–H and O–H groups in total. The van der Waals surface area contributed by atoms with E-state index in [1.54, 1.807) is 36.4 Å². The molecular formula is C26H25Cl2N3O3. The zero-order valence-corrected chi connectivity index (χ0v) is 20.3. The van der Waals surface area contributed by atoms with E-state index >= 15 is 0 Å². The zero-order chi connectivity index (χ0) is 24.5. The number of hydrogen-bond acceptors (Lipinski definition) is 4. The third kappa shape index (κ3) is 7.33. The molecule has 0 saturated heterocycles. The predicted molar refractivity (Wildman–Crippen MR) is 136 cm³/mol. The van der Waals surface area contributed by atoms with Crippen LogP contribution in [0.25, 0.3) is 0 Å². The number of carbonyl (C=O) groups is 2. The second-order valence-corrected chi connectivity index (χ2v) is 8.77. The summed E-state index contributed by atoms with van der Waals surface area (Å²) in [6, 6.07) is 20.5. The molecule has 6 nitrogen and oxygen atoms in total. The fourth-order valence-electron chi connectivity index (χ4n) is 3.08. The molecule has 176 valence electrons. The number of benzene rings is 3. The average molecular weight is 498 g/mol. The van der Waals surface area contributed by atoms with Gasteiger partial charge < -0.3 is 10.1 Å². The predicted octanol–water partition coefficient (Wildman–Crippen LogP) is 5.48. The van der Waals surface area contributed by atoms with Gasteiger partial charge in [0.1, 0.15) is 18.4 Å². The third-order valence-corrected chi connectivity index (χ3v) is 5.41. The third-order valence-electron chi connectivity index (χ3n) is 4.93. The van der Waals surface area contributed by atoms with Crippen LogP contribution in [0.1, 0.15) is 35.3 Å². The van der Waals surface area contributed by atoms with Crippen LogP contribution in [-0.2, 0) is 11.4 Å². The molecule has 3 aromatic rings. The Morgan fingerprint density at radius 3 is 2.41 bits per heavy atom. The van der Waals surface area contributed by atoms with Crippen molar-refractivity contribution in [3.8, 4) is 5.75 Å². The molecule has 0 aromatic heterocycles. The maximum Gasteiger partial charge on any atom is 0.262 e. The van der Waals surface area contributed by atoms with Crippen LogP contribution in [0.3, 0.4) is 0 Å². The lowest BCUT2D eigenvalue weighted by atomic mass is 10.0. The van der Waals surface area contributed by atoms with Gasteiger partial charge in [-0.3, -0.25) is 9.59 Å². The lowest BCUT2D eigenvalue weighted by Gasteiger charge is -2.20. The summed E-state index contributed by atoms with van der Waals surface area (Å²) in [5.74, 6) is -0.360. The van der Waals surface area contributed by atoms with Crippen molar-refractivity contribution in [1.29, 1.82) is 0 Å². The topological polar surface area (TPSA) is 79.8 Å². The molecule has 0 aliphatic carbocycles. The molecule has 2 amide bonds. The molecule has 0 aliphatic heterocycles.